The molecule has 0 radical (unpaired) electrons. The van der Waals surface area contributed by atoms with Gasteiger partial charge >= 0.3 is 0 Å². The van der Waals surface area contributed by atoms with Crippen molar-refractivity contribution >= 4 is 0 Å². The summed E-state index contributed by atoms with van der Waals surface area (Å²) in [6.45, 7) is 8.57. The zero-order valence-corrected chi connectivity index (χ0v) is 11.2. The maximum atomic E-state index is 5.87. The first kappa shape index (κ1) is 13.7. The Hall–Kier alpha value is -0.340. The molecule has 1 unspecified atom stereocenters. The van der Waals surface area contributed by atoms with Crippen LogP contribution in [0.15, 0.2) is 11.6 Å². The van der Waals surface area contributed by atoms with Gasteiger partial charge in [-0.3, -0.25) is 0 Å². The predicted molar refractivity (Wildman–Crippen MR) is 71.5 cm³/mol. The fraction of sp³-hybridized carbons (Fsp3) is 0.857. The lowest BCUT2D eigenvalue weighted by Crippen LogP contribution is -2.49. The van der Waals surface area contributed by atoms with Crippen LogP contribution >= 0.6 is 0 Å². The van der Waals surface area contributed by atoms with E-state index in [1.54, 1.807) is 5.57 Å². The highest BCUT2D eigenvalue weighted by Crippen LogP contribution is 2.21. The van der Waals surface area contributed by atoms with Crippen LogP contribution in [0.1, 0.15) is 52.9 Å². The van der Waals surface area contributed by atoms with Gasteiger partial charge in [0.1, 0.15) is 0 Å². The number of hydrogen-bond donors (Lipinski definition) is 2. The average molecular weight is 224 g/mol. The summed E-state index contributed by atoms with van der Waals surface area (Å²) in [6.07, 6.45) is 8.72. The molecule has 0 saturated heterocycles. The van der Waals surface area contributed by atoms with Crippen LogP contribution in [0.3, 0.4) is 0 Å². The van der Waals surface area contributed by atoms with Crippen LogP contribution in [0.25, 0.3) is 0 Å². The van der Waals surface area contributed by atoms with Gasteiger partial charge in [-0.2, -0.15) is 0 Å². The summed E-state index contributed by atoms with van der Waals surface area (Å²) in [4.78, 5) is 0. The summed E-state index contributed by atoms with van der Waals surface area (Å²) in [5, 5.41) is 3.64. The average Bonchev–Trinajstić information content (AvgIpc) is 2.69. The van der Waals surface area contributed by atoms with Crippen molar-refractivity contribution in [3.63, 3.8) is 0 Å². The van der Waals surface area contributed by atoms with Gasteiger partial charge in [0, 0.05) is 12.1 Å². The number of hydrogen-bond acceptors (Lipinski definition) is 2. The van der Waals surface area contributed by atoms with Gasteiger partial charge in [0.05, 0.1) is 0 Å². The summed E-state index contributed by atoms with van der Waals surface area (Å²) in [7, 11) is 0. The number of nitrogens with two attached hydrogens (primary N) is 1. The van der Waals surface area contributed by atoms with E-state index in [1.807, 2.05) is 0 Å². The molecule has 3 N–H and O–H groups in total. The van der Waals surface area contributed by atoms with Gasteiger partial charge in [0.25, 0.3) is 0 Å². The third kappa shape index (κ3) is 4.67. The minimum absolute atomic E-state index is 0.118. The Bertz CT molecular complexity index is 233. The van der Waals surface area contributed by atoms with Gasteiger partial charge < -0.3 is 11.1 Å². The SMILES string of the molecule is CC(C)CC(C)(CN)NCCC1=CCCC1. The molecule has 2 heteroatoms. The zero-order valence-electron chi connectivity index (χ0n) is 11.2. The molecule has 0 aliphatic heterocycles. The van der Waals surface area contributed by atoms with E-state index in [-0.39, 0.29) is 5.54 Å². The highest BCUT2D eigenvalue weighted by molar-refractivity contribution is 5.07. The second kappa shape index (κ2) is 6.41. The molecule has 1 aliphatic rings. The minimum Gasteiger partial charge on any atom is -0.329 e. The smallest absolute Gasteiger partial charge is 0.0278 e. The lowest BCUT2D eigenvalue weighted by Gasteiger charge is -2.31. The summed E-state index contributed by atoms with van der Waals surface area (Å²) in [6, 6.07) is 0. The van der Waals surface area contributed by atoms with E-state index in [4.69, 9.17) is 5.73 Å². The molecule has 0 fully saturated rings. The maximum Gasteiger partial charge on any atom is 0.0278 e. The molecule has 94 valence electrons. The summed E-state index contributed by atoms with van der Waals surface area (Å²) < 4.78 is 0. The van der Waals surface area contributed by atoms with Crippen molar-refractivity contribution in [2.75, 3.05) is 13.1 Å². The quantitative estimate of drug-likeness (QED) is 0.653. The molecule has 0 aromatic heterocycles. The molecule has 1 aliphatic carbocycles. The molecule has 1 atom stereocenters. The molecule has 0 amide bonds. The van der Waals surface area contributed by atoms with Crippen LogP contribution in [0.4, 0.5) is 0 Å². The van der Waals surface area contributed by atoms with Crippen LogP contribution in [-0.4, -0.2) is 18.6 Å². The molecule has 0 aromatic carbocycles. The fourth-order valence-corrected chi connectivity index (χ4v) is 2.62. The topological polar surface area (TPSA) is 38.0 Å². The van der Waals surface area contributed by atoms with E-state index in [9.17, 15) is 0 Å². The Morgan fingerprint density at radius 2 is 2.25 bits per heavy atom. The van der Waals surface area contributed by atoms with E-state index < -0.39 is 0 Å². The van der Waals surface area contributed by atoms with Gasteiger partial charge in [0.2, 0.25) is 0 Å². The molecule has 2 nitrogen and oxygen atoms in total. The summed E-state index contributed by atoms with van der Waals surface area (Å²) in [5.41, 5.74) is 7.63. The molecular weight excluding hydrogens is 196 g/mol. The zero-order chi connectivity index (χ0) is 12.0. The van der Waals surface area contributed by atoms with Crippen molar-refractivity contribution in [2.24, 2.45) is 11.7 Å². The Morgan fingerprint density at radius 3 is 2.75 bits per heavy atom. The van der Waals surface area contributed by atoms with Crippen molar-refractivity contribution in [1.82, 2.24) is 5.32 Å². The molecule has 0 bridgehead atoms. The van der Waals surface area contributed by atoms with Crippen molar-refractivity contribution in [1.29, 1.82) is 0 Å². The molecular formula is C14H28N2. The molecule has 0 aromatic rings. The Kier molecular flexibility index (Phi) is 5.50. The van der Waals surface area contributed by atoms with Gasteiger partial charge in [-0.05, 0) is 51.5 Å². The Morgan fingerprint density at radius 1 is 1.50 bits per heavy atom. The number of allylic oxidation sites excluding steroid dienone is 1. The highest BCUT2D eigenvalue weighted by atomic mass is 15.0. The first-order chi connectivity index (χ1) is 7.56. The standard InChI is InChI=1S/C14H28N2/c1-12(2)10-14(3,11-15)16-9-8-13-6-4-5-7-13/h6,12,16H,4-5,7-11,15H2,1-3H3. The number of rotatable bonds is 7. The Balaban J connectivity index is 2.27. The van der Waals surface area contributed by atoms with Crippen LogP contribution in [0.5, 0.6) is 0 Å². The van der Waals surface area contributed by atoms with Gasteiger partial charge in [-0.25, -0.2) is 0 Å². The van der Waals surface area contributed by atoms with Crippen LogP contribution in [0.2, 0.25) is 0 Å². The van der Waals surface area contributed by atoms with Crippen molar-refractivity contribution in [3.8, 4) is 0 Å². The third-order valence-corrected chi connectivity index (χ3v) is 3.44. The highest BCUT2D eigenvalue weighted by Gasteiger charge is 2.22. The lowest BCUT2D eigenvalue weighted by atomic mass is 9.90. The largest absolute Gasteiger partial charge is 0.329 e. The van der Waals surface area contributed by atoms with E-state index in [2.05, 4.69) is 32.2 Å². The molecule has 0 heterocycles. The van der Waals surface area contributed by atoms with Crippen molar-refractivity contribution in [2.45, 2.75) is 58.4 Å². The predicted octanol–water partition coefficient (Wildman–Crippen LogP) is 2.84. The van der Waals surface area contributed by atoms with Crippen molar-refractivity contribution in [3.05, 3.63) is 11.6 Å². The third-order valence-electron chi connectivity index (χ3n) is 3.44. The summed E-state index contributed by atoms with van der Waals surface area (Å²) >= 11 is 0. The van der Waals surface area contributed by atoms with E-state index in [0.29, 0.717) is 5.92 Å². The first-order valence-corrected chi connectivity index (χ1v) is 6.69. The van der Waals surface area contributed by atoms with Crippen molar-refractivity contribution < 1.29 is 0 Å². The van der Waals surface area contributed by atoms with Gasteiger partial charge in [0.15, 0.2) is 0 Å². The second-order valence-corrected chi connectivity index (χ2v) is 5.79. The number of nitrogens with one attached hydrogen (secondary N) is 1. The van der Waals surface area contributed by atoms with Crippen LogP contribution in [0, 0.1) is 5.92 Å². The van der Waals surface area contributed by atoms with Crippen LogP contribution < -0.4 is 11.1 Å². The van der Waals surface area contributed by atoms with E-state index >= 15 is 0 Å². The van der Waals surface area contributed by atoms with Gasteiger partial charge in [-0.15, -0.1) is 0 Å². The minimum atomic E-state index is 0.118. The molecule has 1 rings (SSSR count). The first-order valence-electron chi connectivity index (χ1n) is 6.69. The molecule has 0 spiro atoms. The molecule has 16 heavy (non-hydrogen) atoms. The maximum absolute atomic E-state index is 5.87. The van der Waals surface area contributed by atoms with E-state index in [1.165, 1.54) is 25.7 Å². The monoisotopic (exact) mass is 224 g/mol. The van der Waals surface area contributed by atoms with Gasteiger partial charge in [-0.1, -0.05) is 25.5 Å². The normalized spacial score (nSPS) is 19.9. The fourth-order valence-electron chi connectivity index (χ4n) is 2.62. The van der Waals surface area contributed by atoms with Crippen LogP contribution in [-0.2, 0) is 0 Å². The second-order valence-electron chi connectivity index (χ2n) is 5.79. The van der Waals surface area contributed by atoms with E-state index in [0.717, 1.165) is 19.5 Å². The Labute approximate surface area is 101 Å². The lowest BCUT2D eigenvalue weighted by molar-refractivity contribution is 0.301. The molecule has 0 saturated carbocycles. The summed E-state index contributed by atoms with van der Waals surface area (Å²) in [5.74, 6) is 0.701.